The second-order valence-electron chi connectivity index (χ2n) is 3.48. The number of benzene rings is 1. The van der Waals surface area contributed by atoms with Gasteiger partial charge in [-0.15, -0.1) is 0 Å². The maximum atomic E-state index is 12.8. The molecule has 3 nitrogen and oxygen atoms in total. The lowest BCUT2D eigenvalue weighted by Gasteiger charge is -2.05. The van der Waals surface area contributed by atoms with Gasteiger partial charge in [0.25, 0.3) is 0 Å². The highest BCUT2D eigenvalue weighted by Gasteiger charge is 2.04. The lowest BCUT2D eigenvalue weighted by molar-refractivity contribution is 0.628. The summed E-state index contributed by atoms with van der Waals surface area (Å²) >= 11 is 0. The van der Waals surface area contributed by atoms with Crippen LogP contribution in [0.1, 0.15) is 5.69 Å². The van der Waals surface area contributed by atoms with Gasteiger partial charge >= 0.3 is 0 Å². The van der Waals surface area contributed by atoms with E-state index in [1.54, 1.807) is 19.2 Å². The number of aromatic nitrogens is 2. The van der Waals surface area contributed by atoms with Gasteiger partial charge in [0.15, 0.2) is 5.82 Å². The minimum Gasteiger partial charge on any atom is -0.373 e. The summed E-state index contributed by atoms with van der Waals surface area (Å²) in [7, 11) is 1.80. The zero-order chi connectivity index (χ0) is 11.5. The van der Waals surface area contributed by atoms with E-state index < -0.39 is 0 Å². The van der Waals surface area contributed by atoms with Gasteiger partial charge in [-0.25, -0.2) is 14.4 Å². The summed E-state index contributed by atoms with van der Waals surface area (Å²) in [6.45, 7) is 1.90. The first-order valence-electron chi connectivity index (χ1n) is 4.98. The van der Waals surface area contributed by atoms with Crippen molar-refractivity contribution >= 4 is 5.82 Å². The molecule has 1 aromatic carbocycles. The number of hydrogen-bond donors (Lipinski definition) is 1. The Morgan fingerprint density at radius 3 is 2.44 bits per heavy atom. The molecule has 82 valence electrons. The van der Waals surface area contributed by atoms with Crippen molar-refractivity contribution in [3.63, 3.8) is 0 Å². The molecule has 0 aliphatic rings. The van der Waals surface area contributed by atoms with E-state index in [-0.39, 0.29) is 5.82 Å². The Kier molecular flexibility index (Phi) is 2.81. The van der Waals surface area contributed by atoms with Crippen molar-refractivity contribution < 1.29 is 4.39 Å². The molecule has 0 atom stereocenters. The Balaban J connectivity index is 2.47. The van der Waals surface area contributed by atoms with E-state index >= 15 is 0 Å². The molecule has 0 aliphatic heterocycles. The first-order chi connectivity index (χ1) is 7.69. The van der Waals surface area contributed by atoms with Gasteiger partial charge in [0, 0.05) is 24.4 Å². The quantitative estimate of drug-likeness (QED) is 0.840. The van der Waals surface area contributed by atoms with Crippen LogP contribution in [0.3, 0.4) is 0 Å². The zero-order valence-corrected chi connectivity index (χ0v) is 9.16. The van der Waals surface area contributed by atoms with E-state index in [0.29, 0.717) is 5.82 Å². The standard InChI is InChI=1S/C12H12FN3/c1-8-7-11(14-2)16-12(15-8)9-3-5-10(13)6-4-9/h3-7H,1-2H3,(H,14,15,16). The van der Waals surface area contributed by atoms with E-state index in [0.717, 1.165) is 17.1 Å². The van der Waals surface area contributed by atoms with E-state index in [1.807, 2.05) is 13.0 Å². The average molecular weight is 217 g/mol. The summed E-state index contributed by atoms with van der Waals surface area (Å²) in [5.74, 6) is 1.10. The highest BCUT2D eigenvalue weighted by molar-refractivity contribution is 5.57. The maximum Gasteiger partial charge on any atom is 0.161 e. The molecule has 1 aromatic heterocycles. The average Bonchev–Trinajstić information content (AvgIpc) is 2.29. The molecule has 0 amide bonds. The lowest BCUT2D eigenvalue weighted by Crippen LogP contribution is -1.98. The van der Waals surface area contributed by atoms with Gasteiger partial charge in [-0.3, -0.25) is 0 Å². The highest BCUT2D eigenvalue weighted by atomic mass is 19.1. The highest BCUT2D eigenvalue weighted by Crippen LogP contribution is 2.17. The topological polar surface area (TPSA) is 37.8 Å². The van der Waals surface area contributed by atoms with Crippen molar-refractivity contribution in [1.29, 1.82) is 0 Å². The SMILES string of the molecule is CNc1cc(C)nc(-c2ccc(F)cc2)n1. The number of halogens is 1. The monoisotopic (exact) mass is 217 g/mol. The Morgan fingerprint density at radius 2 is 1.81 bits per heavy atom. The number of hydrogen-bond acceptors (Lipinski definition) is 3. The molecule has 0 aliphatic carbocycles. The molecule has 0 radical (unpaired) electrons. The zero-order valence-electron chi connectivity index (χ0n) is 9.16. The summed E-state index contributed by atoms with van der Waals surface area (Å²) in [5, 5.41) is 2.96. The maximum absolute atomic E-state index is 12.8. The van der Waals surface area contributed by atoms with Gasteiger partial charge in [-0.1, -0.05) is 0 Å². The molecule has 0 spiro atoms. The van der Waals surface area contributed by atoms with Crippen LogP contribution in [0.25, 0.3) is 11.4 Å². The van der Waals surface area contributed by atoms with Crippen LogP contribution in [0.5, 0.6) is 0 Å². The van der Waals surface area contributed by atoms with Crippen LogP contribution in [0.4, 0.5) is 10.2 Å². The van der Waals surface area contributed by atoms with Crippen LogP contribution in [0, 0.1) is 12.7 Å². The number of anilines is 1. The van der Waals surface area contributed by atoms with Crippen molar-refractivity contribution in [2.75, 3.05) is 12.4 Å². The van der Waals surface area contributed by atoms with Crippen LogP contribution in [0.15, 0.2) is 30.3 Å². The fourth-order valence-corrected chi connectivity index (χ4v) is 1.42. The van der Waals surface area contributed by atoms with E-state index in [1.165, 1.54) is 12.1 Å². The summed E-state index contributed by atoms with van der Waals surface area (Å²) in [6.07, 6.45) is 0. The van der Waals surface area contributed by atoms with Crippen LogP contribution in [-0.2, 0) is 0 Å². The molecular formula is C12H12FN3. The lowest BCUT2D eigenvalue weighted by atomic mass is 10.2. The summed E-state index contributed by atoms with van der Waals surface area (Å²) in [5.41, 5.74) is 1.68. The van der Waals surface area contributed by atoms with Gasteiger partial charge < -0.3 is 5.32 Å². The molecule has 16 heavy (non-hydrogen) atoms. The molecule has 2 aromatic rings. The van der Waals surface area contributed by atoms with Crippen molar-refractivity contribution in [3.8, 4) is 11.4 Å². The molecule has 2 rings (SSSR count). The van der Waals surface area contributed by atoms with Gasteiger partial charge in [-0.2, -0.15) is 0 Å². The molecule has 4 heteroatoms. The number of aryl methyl sites for hydroxylation is 1. The first kappa shape index (κ1) is 10.5. The van der Waals surface area contributed by atoms with Crippen molar-refractivity contribution in [2.45, 2.75) is 6.92 Å². The van der Waals surface area contributed by atoms with Crippen LogP contribution >= 0.6 is 0 Å². The third kappa shape index (κ3) is 2.16. The smallest absolute Gasteiger partial charge is 0.161 e. The molecular weight excluding hydrogens is 205 g/mol. The van der Waals surface area contributed by atoms with Crippen molar-refractivity contribution in [1.82, 2.24) is 9.97 Å². The van der Waals surface area contributed by atoms with Crippen molar-refractivity contribution in [2.24, 2.45) is 0 Å². The van der Waals surface area contributed by atoms with E-state index in [2.05, 4.69) is 15.3 Å². The van der Waals surface area contributed by atoms with Crippen LogP contribution in [0.2, 0.25) is 0 Å². The Hall–Kier alpha value is -1.97. The van der Waals surface area contributed by atoms with Gasteiger partial charge in [0.05, 0.1) is 0 Å². The number of nitrogens with zero attached hydrogens (tertiary/aromatic N) is 2. The minimum atomic E-state index is -0.259. The second kappa shape index (κ2) is 4.26. The van der Waals surface area contributed by atoms with Gasteiger partial charge in [-0.05, 0) is 31.2 Å². The predicted molar refractivity (Wildman–Crippen MR) is 61.7 cm³/mol. The minimum absolute atomic E-state index is 0.259. The molecule has 0 saturated heterocycles. The fourth-order valence-electron chi connectivity index (χ4n) is 1.42. The van der Waals surface area contributed by atoms with Gasteiger partial charge in [0.1, 0.15) is 11.6 Å². The van der Waals surface area contributed by atoms with E-state index in [9.17, 15) is 4.39 Å². The predicted octanol–water partition coefficient (Wildman–Crippen LogP) is 2.63. The van der Waals surface area contributed by atoms with Crippen molar-refractivity contribution in [3.05, 3.63) is 41.8 Å². The Bertz CT molecular complexity index is 494. The van der Waals surface area contributed by atoms with Gasteiger partial charge in [0.2, 0.25) is 0 Å². The van der Waals surface area contributed by atoms with E-state index in [4.69, 9.17) is 0 Å². The number of nitrogens with one attached hydrogen (secondary N) is 1. The summed E-state index contributed by atoms with van der Waals surface area (Å²) in [6, 6.07) is 8.00. The molecule has 0 fully saturated rings. The molecule has 1 N–H and O–H groups in total. The molecule has 0 bridgehead atoms. The van der Waals surface area contributed by atoms with Crippen LogP contribution < -0.4 is 5.32 Å². The molecule has 1 heterocycles. The fraction of sp³-hybridized carbons (Fsp3) is 0.167. The summed E-state index contributed by atoms with van der Waals surface area (Å²) < 4.78 is 12.8. The third-order valence-electron chi connectivity index (χ3n) is 2.21. The molecule has 0 saturated carbocycles. The normalized spacial score (nSPS) is 10.2. The second-order valence-corrected chi connectivity index (χ2v) is 3.48. The Morgan fingerprint density at radius 1 is 1.12 bits per heavy atom. The van der Waals surface area contributed by atoms with Crippen LogP contribution in [-0.4, -0.2) is 17.0 Å². The first-order valence-corrected chi connectivity index (χ1v) is 4.98. The third-order valence-corrected chi connectivity index (χ3v) is 2.21. The Labute approximate surface area is 93.4 Å². The largest absolute Gasteiger partial charge is 0.373 e. The molecule has 0 unspecified atom stereocenters. The number of rotatable bonds is 2. The summed E-state index contributed by atoms with van der Waals surface area (Å²) in [4.78, 5) is 8.62.